The third-order valence-corrected chi connectivity index (χ3v) is 4.50. The topological polar surface area (TPSA) is 34.1 Å². The van der Waals surface area contributed by atoms with Crippen LogP contribution in [0.15, 0.2) is 29.7 Å². The molecule has 0 heterocycles. The first-order chi connectivity index (χ1) is 11.0. The van der Waals surface area contributed by atoms with E-state index in [0.717, 1.165) is 24.3 Å². The number of rotatable bonds is 5. The number of alkyl halides is 9. The molecule has 0 aromatic heterocycles. The lowest BCUT2D eigenvalue weighted by Crippen LogP contribution is -2.62. The van der Waals surface area contributed by atoms with Crippen molar-refractivity contribution in [2.45, 2.75) is 23.3 Å². The Bertz CT molecular complexity index is 752. The third-order valence-electron chi connectivity index (χ3n) is 2.78. The first-order valence-corrected chi connectivity index (χ1v) is 7.78. The fraction of sp³-hybridized carbons (Fsp3) is 0.333. The van der Waals surface area contributed by atoms with E-state index in [0.29, 0.717) is 6.08 Å². The normalized spacial score (nSPS) is 15.0. The van der Waals surface area contributed by atoms with Crippen LogP contribution in [0.1, 0.15) is 5.56 Å². The summed E-state index contributed by atoms with van der Waals surface area (Å²) in [5.74, 6) is -14.5. The predicted molar refractivity (Wildman–Crippen MR) is 70.3 cm³/mol. The van der Waals surface area contributed by atoms with Crippen molar-refractivity contribution in [1.82, 2.24) is 0 Å². The quantitative estimate of drug-likeness (QED) is 0.617. The monoisotopic (exact) mass is 420 g/mol. The minimum atomic E-state index is -7.29. The molecule has 13 heteroatoms. The minimum absolute atomic E-state index is 0.140. The maximum absolute atomic E-state index is 13.4. The van der Waals surface area contributed by atoms with Gasteiger partial charge in [-0.25, -0.2) is 8.42 Å². The zero-order valence-electron chi connectivity index (χ0n) is 11.5. The highest BCUT2D eigenvalue weighted by Crippen LogP contribution is 2.55. The smallest absolute Gasteiger partial charge is 0.218 e. The molecule has 0 aliphatic heterocycles. The lowest BCUT2D eigenvalue weighted by molar-refractivity contribution is -0.382. The second-order valence-corrected chi connectivity index (χ2v) is 6.87. The summed E-state index contributed by atoms with van der Waals surface area (Å²) in [6.07, 6.45) is -6.79. The van der Waals surface area contributed by atoms with Crippen molar-refractivity contribution in [3.8, 4) is 0 Å². The second-order valence-electron chi connectivity index (χ2n) is 4.56. The van der Waals surface area contributed by atoms with Crippen molar-refractivity contribution >= 4 is 27.5 Å². The Morgan fingerprint density at radius 2 is 1.24 bits per heavy atom. The molecule has 0 aliphatic carbocycles. The largest absolute Gasteiger partial charge is 0.460 e. The Hall–Kier alpha value is -1.43. The second kappa shape index (κ2) is 6.38. The highest BCUT2D eigenvalue weighted by Gasteiger charge is 2.84. The van der Waals surface area contributed by atoms with E-state index < -0.39 is 38.5 Å². The SMILES string of the molecule is O=S(=O)(/C=C/c1ccc(Cl)cc1)C(F)(F)C(F)(F)C(F)(F)C(F)(F)F. The van der Waals surface area contributed by atoms with Crippen molar-refractivity contribution in [3.63, 3.8) is 0 Å². The maximum Gasteiger partial charge on any atom is 0.460 e. The van der Waals surface area contributed by atoms with Crippen LogP contribution in [0.4, 0.5) is 39.5 Å². The highest BCUT2D eigenvalue weighted by molar-refractivity contribution is 7.95. The van der Waals surface area contributed by atoms with Crippen LogP contribution in [-0.2, 0) is 9.84 Å². The molecule has 0 amide bonds. The van der Waals surface area contributed by atoms with E-state index in [2.05, 4.69) is 0 Å². The van der Waals surface area contributed by atoms with Gasteiger partial charge in [0.15, 0.2) is 0 Å². The summed E-state index contributed by atoms with van der Waals surface area (Å²) in [4.78, 5) is 0. The van der Waals surface area contributed by atoms with E-state index in [1.807, 2.05) is 0 Å². The van der Waals surface area contributed by atoms with Gasteiger partial charge in [-0.3, -0.25) is 0 Å². The fourth-order valence-electron chi connectivity index (χ4n) is 1.37. The molecule has 0 fully saturated rings. The van der Waals surface area contributed by atoms with Gasteiger partial charge in [-0.2, -0.15) is 39.5 Å². The van der Waals surface area contributed by atoms with Crippen LogP contribution in [0.3, 0.4) is 0 Å². The van der Waals surface area contributed by atoms with Gasteiger partial charge in [0.25, 0.3) is 0 Å². The number of hydrogen-bond acceptors (Lipinski definition) is 2. The van der Waals surface area contributed by atoms with Crippen LogP contribution in [0.2, 0.25) is 5.02 Å². The molecule has 2 nitrogen and oxygen atoms in total. The van der Waals surface area contributed by atoms with Crippen LogP contribution in [0, 0.1) is 0 Å². The summed E-state index contributed by atoms with van der Waals surface area (Å²) in [7, 11) is -6.55. The van der Waals surface area contributed by atoms with Gasteiger partial charge >= 0.3 is 23.3 Å². The molecule has 0 unspecified atom stereocenters. The number of halogens is 10. The highest BCUT2D eigenvalue weighted by atomic mass is 35.5. The van der Waals surface area contributed by atoms with Crippen LogP contribution in [-0.4, -0.2) is 31.7 Å². The molecule has 0 atom stereocenters. The van der Waals surface area contributed by atoms with Crippen molar-refractivity contribution in [1.29, 1.82) is 0 Å². The lowest BCUT2D eigenvalue weighted by Gasteiger charge is -2.32. The summed E-state index contributed by atoms with van der Waals surface area (Å²) in [5.41, 5.74) is -0.172. The summed E-state index contributed by atoms with van der Waals surface area (Å²) in [6.45, 7) is 0. The van der Waals surface area contributed by atoms with Gasteiger partial charge in [-0.1, -0.05) is 23.7 Å². The van der Waals surface area contributed by atoms with Gasteiger partial charge in [0.2, 0.25) is 9.84 Å². The van der Waals surface area contributed by atoms with Gasteiger partial charge in [0, 0.05) is 10.4 Å². The van der Waals surface area contributed by atoms with Crippen molar-refractivity contribution in [2.75, 3.05) is 0 Å². The molecule has 0 bridgehead atoms. The molecule has 142 valence electrons. The van der Waals surface area contributed by atoms with E-state index in [9.17, 15) is 47.9 Å². The molecule has 1 aromatic carbocycles. The molecule has 0 saturated carbocycles. The molecule has 1 aromatic rings. The van der Waals surface area contributed by atoms with E-state index in [1.54, 1.807) is 0 Å². The first kappa shape index (κ1) is 21.6. The molecule has 0 N–H and O–H groups in total. The lowest BCUT2D eigenvalue weighted by atomic mass is 10.1. The fourth-order valence-corrected chi connectivity index (χ4v) is 2.49. The summed E-state index contributed by atoms with van der Waals surface area (Å²) in [5, 5.41) is -7.18. The number of benzene rings is 1. The van der Waals surface area contributed by atoms with E-state index in [4.69, 9.17) is 11.6 Å². The summed E-state index contributed by atoms with van der Waals surface area (Å²) < 4.78 is 137. The Balaban J connectivity index is 3.32. The number of sulfone groups is 1. The molecule has 0 aliphatic rings. The average Bonchev–Trinajstić information content (AvgIpc) is 2.45. The predicted octanol–water partition coefficient (Wildman–Crippen LogP) is 5.15. The van der Waals surface area contributed by atoms with E-state index in [1.165, 1.54) is 0 Å². The Labute approximate surface area is 139 Å². The van der Waals surface area contributed by atoms with Crippen LogP contribution in [0.25, 0.3) is 6.08 Å². The van der Waals surface area contributed by atoms with Crippen LogP contribution < -0.4 is 0 Å². The third kappa shape index (κ3) is 3.73. The van der Waals surface area contributed by atoms with Gasteiger partial charge in [-0.15, -0.1) is 0 Å². The van der Waals surface area contributed by atoms with E-state index >= 15 is 0 Å². The zero-order valence-corrected chi connectivity index (χ0v) is 13.0. The first-order valence-electron chi connectivity index (χ1n) is 5.86. The van der Waals surface area contributed by atoms with Gasteiger partial charge in [-0.05, 0) is 23.8 Å². The van der Waals surface area contributed by atoms with Gasteiger partial charge in [0.1, 0.15) is 0 Å². The standard InChI is InChI=1S/C12H6ClF9O2S/c13-8-3-1-7(2-4-8)5-6-25(23,24)12(21,22)10(16,17)9(14,15)11(18,19)20/h1-6H/b6-5+. The van der Waals surface area contributed by atoms with Crippen LogP contribution >= 0.6 is 11.6 Å². The Morgan fingerprint density at radius 3 is 1.64 bits per heavy atom. The summed E-state index contributed by atoms with van der Waals surface area (Å²) >= 11 is 5.48. The Morgan fingerprint density at radius 1 is 0.800 bits per heavy atom. The number of hydrogen-bond donors (Lipinski definition) is 0. The minimum Gasteiger partial charge on any atom is -0.218 e. The molecule has 1 rings (SSSR count). The van der Waals surface area contributed by atoms with Crippen molar-refractivity contribution in [2.24, 2.45) is 0 Å². The average molecular weight is 421 g/mol. The molecule has 0 radical (unpaired) electrons. The zero-order chi connectivity index (χ0) is 19.9. The van der Waals surface area contributed by atoms with Crippen molar-refractivity contribution in [3.05, 3.63) is 40.3 Å². The molecule has 0 spiro atoms. The van der Waals surface area contributed by atoms with Gasteiger partial charge < -0.3 is 0 Å². The van der Waals surface area contributed by atoms with Crippen LogP contribution in [0.5, 0.6) is 0 Å². The summed E-state index contributed by atoms with van der Waals surface area (Å²) in [6, 6.07) is 4.40. The van der Waals surface area contributed by atoms with E-state index in [-0.39, 0.29) is 10.6 Å². The molecular formula is C12H6ClF9O2S. The van der Waals surface area contributed by atoms with Crippen molar-refractivity contribution < 1.29 is 47.9 Å². The Kier molecular flexibility index (Phi) is 5.52. The molecule has 0 saturated heterocycles. The molecular weight excluding hydrogens is 415 g/mol. The maximum atomic E-state index is 13.4. The van der Waals surface area contributed by atoms with Gasteiger partial charge in [0.05, 0.1) is 0 Å². The molecule has 25 heavy (non-hydrogen) atoms.